The largest absolute Gasteiger partial charge is 0.381 e. The number of nitrogens with one attached hydrogen (secondary N) is 2. The van der Waals surface area contributed by atoms with Crippen molar-refractivity contribution in [2.75, 3.05) is 13.2 Å². The zero-order valence-electron chi connectivity index (χ0n) is 11.1. The fraction of sp³-hybridized carbons (Fsp3) is 0.533. The maximum absolute atomic E-state index is 12.0. The monoisotopic (exact) mass is 260 g/mol. The highest BCUT2D eigenvalue weighted by atomic mass is 16.5. The first-order chi connectivity index (χ1) is 9.33. The molecular formula is C15H20N2O2. The third-order valence-electron chi connectivity index (χ3n) is 3.90. The molecular weight excluding hydrogens is 240 g/mol. The number of hydrogen-bond donors (Lipinski definition) is 2. The van der Waals surface area contributed by atoms with Gasteiger partial charge in [-0.1, -0.05) is 18.2 Å². The molecule has 0 aliphatic carbocycles. The number of hydrogen-bond acceptors (Lipinski definition) is 3. The molecule has 0 aromatic heterocycles. The lowest BCUT2D eigenvalue weighted by atomic mass is 10.0. The van der Waals surface area contributed by atoms with Crippen LogP contribution >= 0.6 is 0 Å². The Bertz CT molecular complexity index is 467. The molecule has 1 fully saturated rings. The van der Waals surface area contributed by atoms with Gasteiger partial charge >= 0.3 is 0 Å². The highest BCUT2D eigenvalue weighted by Crippen LogP contribution is 2.17. The van der Waals surface area contributed by atoms with Crippen molar-refractivity contribution < 1.29 is 9.53 Å². The van der Waals surface area contributed by atoms with Crippen LogP contribution in [0.15, 0.2) is 18.2 Å². The molecule has 4 nitrogen and oxygen atoms in total. The van der Waals surface area contributed by atoms with Gasteiger partial charge in [0.25, 0.3) is 0 Å². The number of benzene rings is 1. The number of carbonyl (C=O) groups excluding carboxylic acids is 1. The Labute approximate surface area is 113 Å². The highest BCUT2D eigenvalue weighted by molar-refractivity contribution is 5.78. The third-order valence-corrected chi connectivity index (χ3v) is 3.90. The Morgan fingerprint density at radius 3 is 3.11 bits per heavy atom. The van der Waals surface area contributed by atoms with Crippen LogP contribution in [0, 0.1) is 5.92 Å². The first kappa shape index (κ1) is 12.6. The van der Waals surface area contributed by atoms with Crippen molar-refractivity contribution in [2.45, 2.75) is 32.5 Å². The predicted molar refractivity (Wildman–Crippen MR) is 72.4 cm³/mol. The van der Waals surface area contributed by atoms with Crippen LogP contribution < -0.4 is 10.6 Å². The SMILES string of the molecule is O=C(NCc1ccc2c(c1)CNC2)C1CCCOC1. The molecule has 0 spiro atoms. The molecule has 1 aromatic rings. The van der Waals surface area contributed by atoms with Crippen LogP contribution in [-0.4, -0.2) is 19.1 Å². The van der Waals surface area contributed by atoms with E-state index < -0.39 is 0 Å². The average Bonchev–Trinajstić information content (AvgIpc) is 2.93. The molecule has 2 aliphatic rings. The van der Waals surface area contributed by atoms with E-state index in [4.69, 9.17) is 4.74 Å². The van der Waals surface area contributed by atoms with Gasteiger partial charge in [-0.15, -0.1) is 0 Å². The van der Waals surface area contributed by atoms with E-state index >= 15 is 0 Å². The van der Waals surface area contributed by atoms with Gasteiger partial charge in [-0.25, -0.2) is 0 Å². The van der Waals surface area contributed by atoms with Crippen molar-refractivity contribution in [2.24, 2.45) is 5.92 Å². The molecule has 0 radical (unpaired) electrons. The standard InChI is InChI=1S/C15H20N2O2/c18-15(13-2-1-5-19-10-13)17-7-11-3-4-12-8-16-9-14(12)6-11/h3-4,6,13,16H,1-2,5,7-10H2,(H,17,18). The first-order valence-electron chi connectivity index (χ1n) is 7.00. The summed E-state index contributed by atoms with van der Waals surface area (Å²) in [5, 5.41) is 6.35. The summed E-state index contributed by atoms with van der Waals surface area (Å²) in [6, 6.07) is 6.44. The molecule has 2 aliphatic heterocycles. The Balaban J connectivity index is 1.55. The van der Waals surface area contributed by atoms with Gasteiger partial charge in [-0.3, -0.25) is 4.79 Å². The summed E-state index contributed by atoms with van der Waals surface area (Å²) in [6.45, 7) is 3.87. The van der Waals surface area contributed by atoms with Gasteiger partial charge < -0.3 is 15.4 Å². The molecule has 1 amide bonds. The lowest BCUT2D eigenvalue weighted by Gasteiger charge is -2.21. The van der Waals surface area contributed by atoms with E-state index in [2.05, 4.69) is 28.8 Å². The summed E-state index contributed by atoms with van der Waals surface area (Å²) >= 11 is 0. The van der Waals surface area contributed by atoms with E-state index in [1.54, 1.807) is 0 Å². The lowest BCUT2D eigenvalue weighted by molar-refractivity contribution is -0.129. The molecule has 1 unspecified atom stereocenters. The van der Waals surface area contributed by atoms with E-state index in [0.29, 0.717) is 13.2 Å². The van der Waals surface area contributed by atoms with Gasteiger partial charge in [-0.05, 0) is 29.5 Å². The molecule has 19 heavy (non-hydrogen) atoms. The number of carbonyl (C=O) groups is 1. The van der Waals surface area contributed by atoms with E-state index in [1.165, 1.54) is 16.7 Å². The number of rotatable bonds is 3. The Hall–Kier alpha value is -1.39. The van der Waals surface area contributed by atoms with Crippen molar-refractivity contribution in [1.29, 1.82) is 0 Å². The van der Waals surface area contributed by atoms with Crippen LogP contribution in [0.4, 0.5) is 0 Å². The third kappa shape index (κ3) is 2.96. The zero-order valence-corrected chi connectivity index (χ0v) is 11.1. The minimum absolute atomic E-state index is 0.0323. The number of amides is 1. The van der Waals surface area contributed by atoms with Crippen molar-refractivity contribution in [3.05, 3.63) is 34.9 Å². The summed E-state index contributed by atoms with van der Waals surface area (Å²) in [7, 11) is 0. The van der Waals surface area contributed by atoms with Gasteiger partial charge in [0.15, 0.2) is 0 Å². The highest BCUT2D eigenvalue weighted by Gasteiger charge is 2.21. The average molecular weight is 260 g/mol. The molecule has 1 aromatic carbocycles. The molecule has 1 atom stereocenters. The van der Waals surface area contributed by atoms with Crippen molar-refractivity contribution in [3.63, 3.8) is 0 Å². The summed E-state index contributed by atoms with van der Waals surface area (Å²) in [6.07, 6.45) is 1.93. The van der Waals surface area contributed by atoms with Crippen LogP contribution in [0.1, 0.15) is 29.5 Å². The fourth-order valence-corrected chi connectivity index (χ4v) is 2.74. The normalized spacial score (nSPS) is 22.0. The Kier molecular flexibility index (Phi) is 3.80. The smallest absolute Gasteiger partial charge is 0.225 e. The van der Waals surface area contributed by atoms with Gasteiger partial charge in [0.2, 0.25) is 5.91 Å². The number of fused-ring (bicyclic) bond motifs is 1. The second kappa shape index (κ2) is 5.72. The second-order valence-corrected chi connectivity index (χ2v) is 5.34. The Morgan fingerprint density at radius 2 is 2.26 bits per heavy atom. The summed E-state index contributed by atoms with van der Waals surface area (Å²) in [4.78, 5) is 12.0. The Morgan fingerprint density at radius 1 is 1.37 bits per heavy atom. The summed E-state index contributed by atoms with van der Waals surface area (Å²) in [5.41, 5.74) is 3.90. The van der Waals surface area contributed by atoms with Gasteiger partial charge in [0.05, 0.1) is 12.5 Å². The molecule has 3 rings (SSSR count). The predicted octanol–water partition coefficient (Wildman–Crippen LogP) is 1.33. The second-order valence-electron chi connectivity index (χ2n) is 5.34. The quantitative estimate of drug-likeness (QED) is 0.862. The van der Waals surface area contributed by atoms with Crippen molar-refractivity contribution in [3.8, 4) is 0 Å². The van der Waals surface area contributed by atoms with E-state index in [-0.39, 0.29) is 11.8 Å². The topological polar surface area (TPSA) is 50.4 Å². The number of ether oxygens (including phenoxy) is 1. The van der Waals surface area contributed by atoms with Crippen molar-refractivity contribution in [1.82, 2.24) is 10.6 Å². The van der Waals surface area contributed by atoms with Crippen LogP contribution in [0.2, 0.25) is 0 Å². The lowest BCUT2D eigenvalue weighted by Crippen LogP contribution is -2.35. The van der Waals surface area contributed by atoms with Gasteiger partial charge in [0, 0.05) is 26.2 Å². The van der Waals surface area contributed by atoms with Gasteiger partial charge in [-0.2, -0.15) is 0 Å². The molecule has 1 saturated heterocycles. The molecule has 0 bridgehead atoms. The maximum Gasteiger partial charge on any atom is 0.225 e. The van der Waals surface area contributed by atoms with E-state index in [1.807, 2.05) is 0 Å². The van der Waals surface area contributed by atoms with E-state index in [9.17, 15) is 4.79 Å². The van der Waals surface area contributed by atoms with Crippen LogP contribution in [-0.2, 0) is 29.2 Å². The summed E-state index contributed by atoms with van der Waals surface area (Å²) < 4.78 is 5.35. The molecule has 2 heterocycles. The molecule has 102 valence electrons. The molecule has 4 heteroatoms. The van der Waals surface area contributed by atoms with Gasteiger partial charge in [0.1, 0.15) is 0 Å². The first-order valence-corrected chi connectivity index (χ1v) is 7.00. The van der Waals surface area contributed by atoms with Crippen LogP contribution in [0.3, 0.4) is 0 Å². The fourth-order valence-electron chi connectivity index (χ4n) is 2.74. The molecule has 0 saturated carbocycles. The van der Waals surface area contributed by atoms with Crippen molar-refractivity contribution >= 4 is 5.91 Å². The zero-order chi connectivity index (χ0) is 13.1. The summed E-state index contributed by atoms with van der Waals surface area (Å²) in [5.74, 6) is 0.156. The van der Waals surface area contributed by atoms with Crippen LogP contribution in [0.25, 0.3) is 0 Å². The maximum atomic E-state index is 12.0. The minimum Gasteiger partial charge on any atom is -0.381 e. The molecule has 2 N–H and O–H groups in total. The minimum atomic E-state index is 0.0323. The van der Waals surface area contributed by atoms with E-state index in [0.717, 1.165) is 32.5 Å². The van der Waals surface area contributed by atoms with Crippen LogP contribution in [0.5, 0.6) is 0 Å².